The van der Waals surface area contributed by atoms with Crippen molar-refractivity contribution in [3.05, 3.63) is 0 Å². The first-order valence-corrected chi connectivity index (χ1v) is 25.7. The van der Waals surface area contributed by atoms with Crippen molar-refractivity contribution >= 4 is 39.5 Å². The highest BCUT2D eigenvalue weighted by Crippen LogP contribution is 2.23. The summed E-state index contributed by atoms with van der Waals surface area (Å²) in [6.07, 6.45) is 31.2. The molecule has 55 heavy (non-hydrogen) atoms. The number of esters is 3. The van der Waals surface area contributed by atoms with Crippen LogP contribution in [-0.2, 0) is 28.6 Å². The molecule has 0 aliphatic carbocycles. The second-order valence-corrected chi connectivity index (χ2v) is 18.5. The molecule has 1 rings (SSSR count). The zero-order chi connectivity index (χ0) is 39.9. The number of likely N-dealkylation sites (tertiary alicyclic amines) is 1. The van der Waals surface area contributed by atoms with E-state index in [0.29, 0.717) is 26.1 Å². The van der Waals surface area contributed by atoms with Crippen molar-refractivity contribution in [1.82, 2.24) is 9.80 Å². The third-order valence-electron chi connectivity index (χ3n) is 10.7. The number of hydrogen-bond donors (Lipinski definition) is 0. The van der Waals surface area contributed by atoms with E-state index in [9.17, 15) is 14.4 Å². The molecule has 0 aromatic heterocycles. The zero-order valence-electron chi connectivity index (χ0n) is 36.1. The Morgan fingerprint density at radius 3 is 1.53 bits per heavy atom. The average Bonchev–Trinajstić information content (AvgIpc) is 3.71. The number of carbonyl (C=O) groups is 3. The van der Waals surface area contributed by atoms with Crippen LogP contribution in [0.25, 0.3) is 0 Å². The van der Waals surface area contributed by atoms with Gasteiger partial charge in [-0.15, -0.1) is 0 Å². The molecule has 1 saturated heterocycles. The summed E-state index contributed by atoms with van der Waals surface area (Å²) in [7, 11) is 3.68. The molecule has 0 aromatic carbocycles. The van der Waals surface area contributed by atoms with E-state index >= 15 is 0 Å². The Bertz CT molecular complexity index is 875. The summed E-state index contributed by atoms with van der Waals surface area (Å²) in [5, 5.41) is 0. The maximum absolute atomic E-state index is 13.0. The summed E-state index contributed by atoms with van der Waals surface area (Å²) in [6.45, 7) is 12.7. The topological polar surface area (TPSA) is 85.4 Å². The first kappa shape index (κ1) is 52.0. The second kappa shape index (κ2) is 39.8. The fourth-order valence-corrected chi connectivity index (χ4v) is 9.22. The summed E-state index contributed by atoms with van der Waals surface area (Å²) < 4.78 is 16.7. The van der Waals surface area contributed by atoms with Crippen LogP contribution in [0.4, 0.5) is 0 Å². The third kappa shape index (κ3) is 33.7. The van der Waals surface area contributed by atoms with Crippen LogP contribution in [0.3, 0.4) is 0 Å². The van der Waals surface area contributed by atoms with Crippen LogP contribution in [0.15, 0.2) is 0 Å². The predicted molar refractivity (Wildman–Crippen MR) is 236 cm³/mol. The van der Waals surface area contributed by atoms with Crippen LogP contribution in [0.2, 0.25) is 0 Å². The molecule has 10 heteroatoms. The lowest BCUT2D eigenvalue weighted by Gasteiger charge is -2.23. The Labute approximate surface area is 347 Å². The minimum Gasteiger partial charge on any atom is -0.465 e. The zero-order valence-corrected chi connectivity index (χ0v) is 37.7. The summed E-state index contributed by atoms with van der Waals surface area (Å²) in [6, 6.07) is 0. The van der Waals surface area contributed by atoms with Gasteiger partial charge in [-0.25, -0.2) is 0 Å². The molecule has 0 saturated carbocycles. The molecular weight excluding hydrogens is 729 g/mol. The van der Waals surface area contributed by atoms with Gasteiger partial charge in [-0.05, 0) is 64.7 Å². The van der Waals surface area contributed by atoms with Gasteiger partial charge >= 0.3 is 17.9 Å². The van der Waals surface area contributed by atoms with Crippen LogP contribution in [-0.4, -0.2) is 98.3 Å². The molecule has 0 radical (unpaired) electrons. The van der Waals surface area contributed by atoms with E-state index in [4.69, 9.17) is 14.2 Å². The van der Waals surface area contributed by atoms with E-state index in [1.807, 2.05) is 10.8 Å². The van der Waals surface area contributed by atoms with Gasteiger partial charge in [-0.2, -0.15) is 0 Å². The maximum Gasteiger partial charge on any atom is 0.309 e. The van der Waals surface area contributed by atoms with Crippen LogP contribution >= 0.6 is 21.6 Å². The van der Waals surface area contributed by atoms with Gasteiger partial charge in [0, 0.05) is 24.6 Å². The van der Waals surface area contributed by atoms with Crippen molar-refractivity contribution < 1.29 is 28.6 Å². The minimum absolute atomic E-state index is 0.0592. The fraction of sp³-hybridized carbons (Fsp3) is 0.933. The quantitative estimate of drug-likeness (QED) is 0.0257. The molecule has 0 amide bonds. The normalized spacial score (nSPS) is 13.3. The summed E-state index contributed by atoms with van der Waals surface area (Å²) in [4.78, 5) is 43.0. The Balaban J connectivity index is 2.34. The highest BCUT2D eigenvalue weighted by atomic mass is 33.1. The number of carbonyl (C=O) groups excluding carboxylic acids is 3. The van der Waals surface area contributed by atoms with E-state index in [2.05, 4.69) is 30.6 Å². The molecule has 1 aliphatic heterocycles. The summed E-state index contributed by atoms with van der Waals surface area (Å²) in [5.74, 6) is 1.32. The molecule has 1 aliphatic rings. The number of unbranched alkanes of at least 4 members (excludes halogenated alkanes) is 17. The maximum atomic E-state index is 13.0. The molecule has 0 unspecified atom stereocenters. The molecule has 324 valence electrons. The second-order valence-electron chi connectivity index (χ2n) is 15.8. The van der Waals surface area contributed by atoms with E-state index in [0.717, 1.165) is 69.8 Å². The van der Waals surface area contributed by atoms with Crippen molar-refractivity contribution in [2.45, 2.75) is 194 Å². The van der Waals surface area contributed by atoms with Crippen molar-refractivity contribution in [3.63, 3.8) is 0 Å². The van der Waals surface area contributed by atoms with E-state index < -0.39 is 0 Å². The molecule has 1 heterocycles. The van der Waals surface area contributed by atoms with Crippen LogP contribution in [0, 0.1) is 5.92 Å². The largest absolute Gasteiger partial charge is 0.465 e. The molecule has 0 spiro atoms. The fourth-order valence-electron chi connectivity index (χ4n) is 7.24. The lowest BCUT2D eigenvalue weighted by molar-refractivity contribution is -0.155. The molecule has 1 fully saturated rings. The van der Waals surface area contributed by atoms with E-state index in [1.54, 1.807) is 10.8 Å². The van der Waals surface area contributed by atoms with E-state index in [-0.39, 0.29) is 43.5 Å². The Hall–Kier alpha value is -0.970. The molecular formula is C45H86N2O6S2. The first-order valence-electron chi connectivity index (χ1n) is 23.2. The summed E-state index contributed by atoms with van der Waals surface area (Å²) in [5.41, 5.74) is 0. The molecule has 0 N–H and O–H groups in total. The number of rotatable bonds is 41. The van der Waals surface area contributed by atoms with Gasteiger partial charge in [0.25, 0.3) is 0 Å². The van der Waals surface area contributed by atoms with Gasteiger partial charge in [0.1, 0.15) is 19.8 Å². The lowest BCUT2D eigenvalue weighted by Crippen LogP contribution is -2.33. The van der Waals surface area contributed by atoms with Gasteiger partial charge in [0.2, 0.25) is 0 Å². The van der Waals surface area contributed by atoms with Crippen LogP contribution in [0.1, 0.15) is 194 Å². The van der Waals surface area contributed by atoms with Gasteiger partial charge in [0.05, 0.1) is 18.8 Å². The molecule has 0 atom stereocenters. The van der Waals surface area contributed by atoms with Gasteiger partial charge in [-0.1, -0.05) is 164 Å². The van der Waals surface area contributed by atoms with Crippen LogP contribution < -0.4 is 0 Å². The van der Waals surface area contributed by atoms with Crippen molar-refractivity contribution in [2.75, 3.05) is 70.6 Å². The highest BCUT2D eigenvalue weighted by molar-refractivity contribution is 8.76. The first-order chi connectivity index (χ1) is 27.0. The molecule has 8 nitrogen and oxygen atoms in total. The predicted octanol–water partition coefficient (Wildman–Crippen LogP) is 11.8. The lowest BCUT2D eigenvalue weighted by atomic mass is 9.94. The Kier molecular flexibility index (Phi) is 37.7. The van der Waals surface area contributed by atoms with Crippen LogP contribution in [0.5, 0.6) is 0 Å². The smallest absolute Gasteiger partial charge is 0.309 e. The number of ether oxygens (including phenoxy) is 3. The van der Waals surface area contributed by atoms with Crippen molar-refractivity contribution in [3.8, 4) is 0 Å². The Morgan fingerprint density at radius 2 is 0.982 bits per heavy atom. The third-order valence-corrected chi connectivity index (χ3v) is 13.2. The highest BCUT2D eigenvalue weighted by Gasteiger charge is 2.20. The standard InChI is InChI=1S/C45H86N2O6S2/c1-4-7-10-13-16-17-20-25-40-54-55-41-39-52-44(49)30-36-47(34-26-33-46-31-23-24-32-46)35-29-43(48)51-37-38-53-45(50)42(27-21-18-14-11-8-5-2)28-22-19-15-12-9-6-3/h42H,4-41H2,1-3H3. The van der Waals surface area contributed by atoms with E-state index in [1.165, 1.54) is 128 Å². The van der Waals surface area contributed by atoms with Gasteiger partial charge in [-0.3, -0.25) is 14.4 Å². The SMILES string of the molecule is CCCCCCCCCCSSCCOC(=O)CCN(CCCN1CCCC1)CCC(=O)OCCOC(=O)C(CCCCCCCC)CCCCCCCC. The van der Waals surface area contributed by atoms with Gasteiger partial charge < -0.3 is 24.0 Å². The molecule has 0 aromatic rings. The number of hydrogen-bond acceptors (Lipinski definition) is 10. The summed E-state index contributed by atoms with van der Waals surface area (Å²) >= 11 is 0. The minimum atomic E-state index is -0.291. The monoisotopic (exact) mass is 815 g/mol. The molecule has 0 bridgehead atoms. The van der Waals surface area contributed by atoms with Crippen molar-refractivity contribution in [2.24, 2.45) is 5.92 Å². The average molecular weight is 815 g/mol. The van der Waals surface area contributed by atoms with Crippen molar-refractivity contribution in [1.29, 1.82) is 0 Å². The number of nitrogens with zero attached hydrogens (tertiary/aromatic N) is 2. The Morgan fingerprint density at radius 1 is 0.527 bits per heavy atom. The van der Waals surface area contributed by atoms with Gasteiger partial charge in [0.15, 0.2) is 0 Å².